The maximum absolute atomic E-state index is 12.0. The Bertz CT molecular complexity index is 347. The summed E-state index contributed by atoms with van der Waals surface area (Å²) < 4.78 is 0. The molecule has 0 aromatic rings. The Balaban J connectivity index is 1.51. The van der Waals surface area contributed by atoms with E-state index < -0.39 is 0 Å². The van der Waals surface area contributed by atoms with Crippen molar-refractivity contribution in [2.45, 2.75) is 33.1 Å². The normalized spacial score (nSPS) is 41.5. The Hall–Kier alpha value is -0.860. The molecule has 17 heavy (non-hydrogen) atoms. The van der Waals surface area contributed by atoms with Crippen LogP contribution in [0.2, 0.25) is 0 Å². The van der Waals surface area contributed by atoms with Crippen LogP contribution in [0.15, 0.2) is 0 Å². The van der Waals surface area contributed by atoms with E-state index in [4.69, 9.17) is 0 Å². The first-order valence-electron chi connectivity index (χ1n) is 6.90. The Morgan fingerprint density at radius 1 is 1.18 bits per heavy atom. The van der Waals surface area contributed by atoms with Gasteiger partial charge in [0.15, 0.2) is 5.78 Å². The molecule has 3 nitrogen and oxygen atoms in total. The molecule has 2 bridgehead atoms. The maximum Gasteiger partial charge on any atom is 0.224 e. The summed E-state index contributed by atoms with van der Waals surface area (Å²) in [6.07, 6.45) is 4.03. The third-order valence-electron chi connectivity index (χ3n) is 5.12. The lowest BCUT2D eigenvalue weighted by Gasteiger charge is -2.10. The van der Waals surface area contributed by atoms with Gasteiger partial charge in [-0.15, -0.1) is 0 Å². The number of ketones is 1. The van der Waals surface area contributed by atoms with Gasteiger partial charge >= 0.3 is 0 Å². The zero-order valence-corrected chi connectivity index (χ0v) is 10.6. The number of hydrogen-bond acceptors (Lipinski definition) is 2. The fourth-order valence-electron chi connectivity index (χ4n) is 4.17. The van der Waals surface area contributed by atoms with E-state index in [-0.39, 0.29) is 30.1 Å². The summed E-state index contributed by atoms with van der Waals surface area (Å²) in [6, 6.07) is 0. The summed E-state index contributed by atoms with van der Waals surface area (Å²) in [5.74, 6) is 3.53. The first-order chi connectivity index (χ1) is 8.09. The molecular weight excluding hydrogens is 214 g/mol. The molecule has 3 heteroatoms. The van der Waals surface area contributed by atoms with Crippen molar-refractivity contribution >= 4 is 11.7 Å². The van der Waals surface area contributed by atoms with E-state index >= 15 is 0 Å². The molecule has 0 spiro atoms. The average molecular weight is 235 g/mol. The molecule has 1 N–H and O–H groups in total. The van der Waals surface area contributed by atoms with E-state index in [0.717, 1.165) is 11.8 Å². The minimum atomic E-state index is 0.0187. The van der Waals surface area contributed by atoms with Gasteiger partial charge in [-0.2, -0.15) is 0 Å². The van der Waals surface area contributed by atoms with Gasteiger partial charge in [0, 0.05) is 11.8 Å². The standard InChI is InChI=1S/C14H21NO2/c1-7(2)10(16)6-15-14(17)13-11-8-3-4-9(5-8)12(11)13/h7-9,11-13H,3-6H2,1-2H3,(H,15,17). The number of Topliss-reactive ketones (excluding diaryl/α,β-unsaturated/α-hetero) is 1. The average Bonchev–Trinajstić information content (AvgIpc) is 2.74. The monoisotopic (exact) mass is 235 g/mol. The minimum Gasteiger partial charge on any atom is -0.349 e. The van der Waals surface area contributed by atoms with Crippen LogP contribution in [0.25, 0.3) is 0 Å². The number of carbonyl (C=O) groups is 2. The van der Waals surface area contributed by atoms with Crippen molar-refractivity contribution in [2.75, 3.05) is 6.54 Å². The molecule has 0 saturated heterocycles. The van der Waals surface area contributed by atoms with E-state index in [1.807, 2.05) is 13.8 Å². The molecule has 94 valence electrons. The predicted molar refractivity (Wildman–Crippen MR) is 64.2 cm³/mol. The second-order valence-corrected chi connectivity index (χ2v) is 6.35. The maximum atomic E-state index is 12.0. The SMILES string of the molecule is CC(C)C(=O)CNC(=O)C1C2C3CCC(C3)C12. The first-order valence-corrected chi connectivity index (χ1v) is 6.90. The summed E-state index contributed by atoms with van der Waals surface area (Å²) in [4.78, 5) is 23.5. The van der Waals surface area contributed by atoms with Crippen molar-refractivity contribution in [2.24, 2.45) is 35.5 Å². The van der Waals surface area contributed by atoms with Crippen LogP contribution in [0, 0.1) is 35.5 Å². The highest BCUT2D eigenvalue weighted by atomic mass is 16.2. The second-order valence-electron chi connectivity index (χ2n) is 6.35. The van der Waals surface area contributed by atoms with E-state index in [1.54, 1.807) is 0 Å². The summed E-state index contributed by atoms with van der Waals surface area (Å²) in [5.41, 5.74) is 0. The Kier molecular flexibility index (Phi) is 2.53. The lowest BCUT2D eigenvalue weighted by molar-refractivity contribution is -0.127. The quantitative estimate of drug-likeness (QED) is 0.805. The Morgan fingerprint density at radius 3 is 2.29 bits per heavy atom. The zero-order chi connectivity index (χ0) is 12.2. The van der Waals surface area contributed by atoms with Crippen LogP contribution < -0.4 is 5.32 Å². The first kappa shape index (κ1) is 11.2. The number of hydrogen-bond donors (Lipinski definition) is 1. The number of nitrogens with one attached hydrogen (secondary N) is 1. The van der Waals surface area contributed by atoms with E-state index in [1.165, 1.54) is 19.3 Å². The molecule has 4 atom stereocenters. The van der Waals surface area contributed by atoms with Gasteiger partial charge in [-0.05, 0) is 42.9 Å². The van der Waals surface area contributed by atoms with Crippen molar-refractivity contribution < 1.29 is 9.59 Å². The highest BCUT2D eigenvalue weighted by Gasteiger charge is 2.67. The van der Waals surface area contributed by atoms with Crippen molar-refractivity contribution in [1.29, 1.82) is 0 Å². The molecule has 1 amide bonds. The van der Waals surface area contributed by atoms with E-state index in [0.29, 0.717) is 11.8 Å². The van der Waals surface area contributed by atoms with Crippen molar-refractivity contribution in [1.82, 2.24) is 5.32 Å². The highest BCUT2D eigenvalue weighted by molar-refractivity contribution is 5.89. The molecule has 0 aromatic heterocycles. The number of fused-ring (bicyclic) bond motifs is 5. The second kappa shape index (κ2) is 3.82. The topological polar surface area (TPSA) is 46.2 Å². The lowest BCUT2D eigenvalue weighted by atomic mass is 10.0. The van der Waals surface area contributed by atoms with Gasteiger partial charge in [-0.3, -0.25) is 9.59 Å². The van der Waals surface area contributed by atoms with E-state index in [2.05, 4.69) is 5.32 Å². The molecule has 0 heterocycles. The minimum absolute atomic E-state index is 0.0187. The highest BCUT2D eigenvalue weighted by Crippen LogP contribution is 2.69. The largest absolute Gasteiger partial charge is 0.349 e. The van der Waals surface area contributed by atoms with E-state index in [9.17, 15) is 9.59 Å². The smallest absolute Gasteiger partial charge is 0.224 e. The van der Waals surface area contributed by atoms with Gasteiger partial charge < -0.3 is 5.32 Å². The third-order valence-corrected chi connectivity index (χ3v) is 5.12. The fourth-order valence-corrected chi connectivity index (χ4v) is 4.17. The van der Waals surface area contributed by atoms with Crippen molar-refractivity contribution in [3.8, 4) is 0 Å². The summed E-state index contributed by atoms with van der Waals surface area (Å²) in [7, 11) is 0. The van der Waals surface area contributed by atoms with Crippen LogP contribution in [-0.2, 0) is 9.59 Å². The molecular formula is C14H21NO2. The third kappa shape index (κ3) is 1.71. The molecule has 3 aliphatic carbocycles. The van der Waals surface area contributed by atoms with Crippen molar-refractivity contribution in [3.63, 3.8) is 0 Å². The van der Waals surface area contributed by atoms with Crippen LogP contribution in [0.4, 0.5) is 0 Å². The Labute approximate surface area is 102 Å². The van der Waals surface area contributed by atoms with Crippen LogP contribution in [-0.4, -0.2) is 18.2 Å². The Morgan fingerprint density at radius 2 is 1.76 bits per heavy atom. The molecule has 4 unspecified atom stereocenters. The molecule has 3 rings (SSSR count). The summed E-state index contributed by atoms with van der Waals surface area (Å²) in [5, 5.41) is 2.83. The van der Waals surface area contributed by atoms with Crippen LogP contribution in [0.1, 0.15) is 33.1 Å². The molecule has 0 aliphatic heterocycles. The zero-order valence-electron chi connectivity index (χ0n) is 10.6. The van der Waals surface area contributed by atoms with Gasteiger partial charge in [-0.25, -0.2) is 0 Å². The molecule has 3 fully saturated rings. The van der Waals surface area contributed by atoms with Crippen LogP contribution >= 0.6 is 0 Å². The summed E-state index contributed by atoms with van der Waals surface area (Å²) in [6.45, 7) is 3.98. The van der Waals surface area contributed by atoms with Gasteiger partial charge in [0.1, 0.15) is 0 Å². The van der Waals surface area contributed by atoms with Gasteiger partial charge in [-0.1, -0.05) is 13.8 Å². The molecule has 0 radical (unpaired) electrons. The van der Waals surface area contributed by atoms with Crippen LogP contribution in [0.5, 0.6) is 0 Å². The number of rotatable bonds is 4. The number of carbonyl (C=O) groups excluding carboxylic acids is 2. The fraction of sp³-hybridized carbons (Fsp3) is 0.857. The predicted octanol–water partition coefficient (Wildman–Crippen LogP) is 1.62. The van der Waals surface area contributed by atoms with Gasteiger partial charge in [0.05, 0.1) is 6.54 Å². The van der Waals surface area contributed by atoms with Gasteiger partial charge in [0.25, 0.3) is 0 Å². The molecule has 0 aromatic carbocycles. The summed E-state index contributed by atoms with van der Waals surface area (Å²) >= 11 is 0. The number of amides is 1. The molecule has 3 saturated carbocycles. The lowest BCUT2D eigenvalue weighted by Crippen LogP contribution is -2.33. The van der Waals surface area contributed by atoms with Crippen LogP contribution in [0.3, 0.4) is 0 Å². The van der Waals surface area contributed by atoms with Gasteiger partial charge in [0.2, 0.25) is 5.91 Å². The molecule has 3 aliphatic rings. The van der Waals surface area contributed by atoms with Crippen molar-refractivity contribution in [3.05, 3.63) is 0 Å².